The fourth-order valence-corrected chi connectivity index (χ4v) is 3.69. The minimum Gasteiger partial charge on any atom is -0.343 e. The van der Waals surface area contributed by atoms with Gasteiger partial charge in [-0.05, 0) is 31.4 Å². The van der Waals surface area contributed by atoms with E-state index in [4.69, 9.17) is 0 Å². The molecular formula is C15H19F3N2O3S. The number of halogens is 3. The van der Waals surface area contributed by atoms with Crippen LogP contribution in [-0.4, -0.2) is 38.9 Å². The van der Waals surface area contributed by atoms with Gasteiger partial charge in [0.15, 0.2) is 17.5 Å². The van der Waals surface area contributed by atoms with Crippen molar-refractivity contribution in [2.75, 3.05) is 19.6 Å². The predicted octanol–water partition coefficient (Wildman–Crippen LogP) is 2.17. The van der Waals surface area contributed by atoms with E-state index in [2.05, 4.69) is 4.72 Å². The van der Waals surface area contributed by atoms with Crippen LogP contribution in [0.2, 0.25) is 0 Å². The largest absolute Gasteiger partial charge is 0.343 e. The maximum Gasteiger partial charge on any atom is 0.243 e. The van der Waals surface area contributed by atoms with E-state index in [1.165, 1.54) is 0 Å². The van der Waals surface area contributed by atoms with Gasteiger partial charge in [-0.1, -0.05) is 6.42 Å². The Morgan fingerprint density at radius 2 is 1.83 bits per heavy atom. The van der Waals surface area contributed by atoms with Crippen LogP contribution in [0.1, 0.15) is 32.1 Å². The molecule has 0 saturated carbocycles. The Kier molecular flexibility index (Phi) is 6.22. The lowest BCUT2D eigenvalue weighted by Crippen LogP contribution is -2.34. The van der Waals surface area contributed by atoms with Gasteiger partial charge in [-0.3, -0.25) is 4.79 Å². The van der Waals surface area contributed by atoms with Gasteiger partial charge >= 0.3 is 0 Å². The second-order valence-electron chi connectivity index (χ2n) is 5.62. The highest BCUT2D eigenvalue weighted by Crippen LogP contribution is 2.19. The van der Waals surface area contributed by atoms with Gasteiger partial charge in [0.2, 0.25) is 15.9 Å². The molecule has 134 valence electrons. The number of carbonyl (C=O) groups excluding carboxylic acids is 1. The summed E-state index contributed by atoms with van der Waals surface area (Å²) in [4.78, 5) is 12.5. The number of likely N-dealkylation sites (tertiary alicyclic amines) is 1. The van der Waals surface area contributed by atoms with Crippen molar-refractivity contribution in [1.82, 2.24) is 9.62 Å². The van der Waals surface area contributed by atoms with Crippen LogP contribution in [0.15, 0.2) is 17.0 Å². The summed E-state index contributed by atoms with van der Waals surface area (Å²) in [6.45, 7) is 0.996. The molecule has 1 N–H and O–H groups in total. The number of hydrogen-bond acceptors (Lipinski definition) is 3. The Hall–Kier alpha value is -1.61. The first-order valence-corrected chi connectivity index (χ1v) is 9.22. The molecule has 24 heavy (non-hydrogen) atoms. The minimum atomic E-state index is -4.29. The fraction of sp³-hybridized carbons (Fsp3) is 0.533. The molecule has 1 fully saturated rings. The van der Waals surface area contributed by atoms with Crippen molar-refractivity contribution in [3.8, 4) is 0 Å². The molecule has 1 aliphatic rings. The summed E-state index contributed by atoms with van der Waals surface area (Å²) in [6.07, 6.45) is 3.60. The zero-order chi connectivity index (χ0) is 17.7. The van der Waals surface area contributed by atoms with Gasteiger partial charge in [-0.15, -0.1) is 0 Å². The summed E-state index contributed by atoms with van der Waals surface area (Å²) in [5, 5.41) is 0. The molecule has 9 heteroatoms. The lowest BCUT2D eigenvalue weighted by atomic mass is 10.2. The highest BCUT2D eigenvalue weighted by atomic mass is 32.2. The molecule has 0 spiro atoms. The number of nitrogens with zero attached hydrogens (tertiary/aromatic N) is 1. The summed E-state index contributed by atoms with van der Waals surface area (Å²) < 4.78 is 65.6. The van der Waals surface area contributed by atoms with Crippen LogP contribution in [0.4, 0.5) is 13.2 Å². The van der Waals surface area contributed by atoms with Gasteiger partial charge in [0.25, 0.3) is 0 Å². The normalized spacial score (nSPS) is 16.3. The second-order valence-corrected chi connectivity index (χ2v) is 7.35. The molecular weight excluding hydrogens is 345 g/mol. The average Bonchev–Trinajstić information content (AvgIpc) is 2.73. The Labute approximate surface area is 138 Å². The molecule has 1 aromatic carbocycles. The summed E-state index contributed by atoms with van der Waals surface area (Å²) in [7, 11) is -4.29. The SMILES string of the molecule is O=C1CCCCCN1CCCNS(=O)(=O)c1ccc(F)c(F)c1F. The van der Waals surface area contributed by atoms with Crippen molar-refractivity contribution in [3.05, 3.63) is 29.6 Å². The lowest BCUT2D eigenvalue weighted by Gasteiger charge is -2.20. The molecule has 1 aliphatic heterocycles. The number of sulfonamides is 1. The molecule has 0 atom stereocenters. The monoisotopic (exact) mass is 364 g/mol. The Morgan fingerprint density at radius 1 is 1.08 bits per heavy atom. The number of carbonyl (C=O) groups is 1. The van der Waals surface area contributed by atoms with Crippen LogP contribution in [0.3, 0.4) is 0 Å². The topological polar surface area (TPSA) is 66.5 Å². The van der Waals surface area contributed by atoms with Gasteiger partial charge in [-0.2, -0.15) is 0 Å². The van der Waals surface area contributed by atoms with Crippen molar-refractivity contribution >= 4 is 15.9 Å². The highest BCUT2D eigenvalue weighted by Gasteiger charge is 2.24. The zero-order valence-electron chi connectivity index (χ0n) is 13.0. The van der Waals surface area contributed by atoms with Gasteiger partial charge in [0, 0.05) is 26.1 Å². The molecule has 0 unspecified atom stereocenters. The molecule has 0 aromatic heterocycles. The zero-order valence-corrected chi connectivity index (χ0v) is 13.8. The van der Waals surface area contributed by atoms with E-state index in [0.29, 0.717) is 38.1 Å². The summed E-state index contributed by atoms with van der Waals surface area (Å²) in [5.41, 5.74) is 0. The van der Waals surface area contributed by atoms with Crippen LogP contribution in [-0.2, 0) is 14.8 Å². The molecule has 1 heterocycles. The molecule has 2 rings (SSSR count). The van der Waals surface area contributed by atoms with E-state index in [0.717, 1.165) is 19.3 Å². The third-order valence-electron chi connectivity index (χ3n) is 3.86. The third kappa shape index (κ3) is 4.47. The van der Waals surface area contributed by atoms with Gasteiger partial charge in [0.05, 0.1) is 0 Å². The van der Waals surface area contributed by atoms with E-state index in [1.54, 1.807) is 4.90 Å². The quantitative estimate of drug-likeness (QED) is 0.621. The fourth-order valence-electron chi connectivity index (χ4n) is 2.54. The maximum absolute atomic E-state index is 13.6. The smallest absolute Gasteiger partial charge is 0.243 e. The molecule has 0 radical (unpaired) electrons. The molecule has 0 aliphatic carbocycles. The second kappa shape index (κ2) is 7.98. The van der Waals surface area contributed by atoms with E-state index in [1.807, 2.05) is 0 Å². The first-order valence-electron chi connectivity index (χ1n) is 7.74. The summed E-state index contributed by atoms with van der Waals surface area (Å²) >= 11 is 0. The van der Waals surface area contributed by atoms with Crippen molar-refractivity contribution in [3.63, 3.8) is 0 Å². The summed E-state index contributed by atoms with van der Waals surface area (Å²) in [6, 6.07) is 1.23. The Morgan fingerprint density at radius 3 is 2.58 bits per heavy atom. The van der Waals surface area contributed by atoms with Crippen molar-refractivity contribution in [2.45, 2.75) is 37.0 Å². The van der Waals surface area contributed by atoms with E-state index < -0.39 is 32.4 Å². The molecule has 1 amide bonds. The van der Waals surface area contributed by atoms with E-state index in [-0.39, 0.29) is 12.5 Å². The number of benzene rings is 1. The predicted molar refractivity (Wildman–Crippen MR) is 81.2 cm³/mol. The van der Waals surface area contributed by atoms with Crippen molar-refractivity contribution < 1.29 is 26.4 Å². The Balaban J connectivity index is 1.91. The number of amides is 1. The Bertz CT molecular complexity index is 710. The first-order chi connectivity index (χ1) is 11.3. The van der Waals surface area contributed by atoms with E-state index in [9.17, 15) is 26.4 Å². The van der Waals surface area contributed by atoms with Gasteiger partial charge in [-0.25, -0.2) is 26.3 Å². The first kappa shape index (κ1) is 18.7. The minimum absolute atomic E-state index is 0.0372. The van der Waals surface area contributed by atoms with Crippen LogP contribution in [0.5, 0.6) is 0 Å². The molecule has 1 aromatic rings. The lowest BCUT2D eigenvalue weighted by molar-refractivity contribution is -0.130. The summed E-state index contributed by atoms with van der Waals surface area (Å²) in [5.74, 6) is -4.98. The van der Waals surface area contributed by atoms with Crippen LogP contribution < -0.4 is 4.72 Å². The van der Waals surface area contributed by atoms with Gasteiger partial charge < -0.3 is 4.90 Å². The molecule has 0 bridgehead atoms. The van der Waals surface area contributed by atoms with Gasteiger partial charge in [0.1, 0.15) is 4.90 Å². The number of rotatable bonds is 6. The van der Waals surface area contributed by atoms with E-state index >= 15 is 0 Å². The molecule has 1 saturated heterocycles. The van der Waals surface area contributed by atoms with Crippen LogP contribution in [0, 0.1) is 17.5 Å². The average molecular weight is 364 g/mol. The molecule has 5 nitrogen and oxygen atoms in total. The standard InChI is InChI=1S/C15H19F3N2O3S/c16-11-6-7-12(15(18)14(11)17)24(22,23)19-8-4-10-20-9-3-1-2-5-13(20)21/h6-7,19H,1-5,8-10H2. The third-order valence-corrected chi connectivity index (χ3v) is 5.34. The number of nitrogens with one attached hydrogen (secondary N) is 1. The number of hydrogen-bond donors (Lipinski definition) is 1. The van der Waals surface area contributed by atoms with Crippen LogP contribution >= 0.6 is 0 Å². The maximum atomic E-state index is 13.6. The van der Waals surface area contributed by atoms with Crippen LogP contribution in [0.25, 0.3) is 0 Å². The van der Waals surface area contributed by atoms with Crippen molar-refractivity contribution in [2.24, 2.45) is 0 Å². The van der Waals surface area contributed by atoms with Crippen molar-refractivity contribution in [1.29, 1.82) is 0 Å². The highest BCUT2D eigenvalue weighted by molar-refractivity contribution is 7.89.